The molecule has 116 valence electrons. The van der Waals surface area contributed by atoms with Gasteiger partial charge >= 0.3 is 0 Å². The average Bonchev–Trinajstić information content (AvgIpc) is 2.56. The average molecular weight is 296 g/mol. The van der Waals surface area contributed by atoms with Crippen LogP contribution in [-0.2, 0) is 0 Å². The zero-order valence-corrected chi connectivity index (χ0v) is 13.1. The topological polar surface area (TPSA) is 33.3 Å². The van der Waals surface area contributed by atoms with E-state index in [9.17, 15) is 0 Å². The lowest BCUT2D eigenvalue weighted by molar-refractivity contribution is 0.244. The van der Waals surface area contributed by atoms with Gasteiger partial charge in [-0.3, -0.25) is 0 Å². The van der Waals surface area contributed by atoms with Crippen molar-refractivity contribution in [2.75, 3.05) is 18.5 Å². The molecule has 1 aliphatic rings. The standard InChI is InChI=1S/C19H24N2O/c1-15(11-13-20-16-7-3-2-4-8-16)21-18-12-14-22-19-10-6-5-9-17(18)19/h2-10,15,18,20-21H,11-14H2,1H3. The molecule has 0 radical (unpaired) electrons. The first-order valence-corrected chi connectivity index (χ1v) is 8.09. The second-order valence-electron chi connectivity index (χ2n) is 5.88. The molecule has 0 fully saturated rings. The molecule has 1 aliphatic heterocycles. The van der Waals surface area contributed by atoms with Crippen LogP contribution in [0.1, 0.15) is 31.4 Å². The molecule has 2 aromatic carbocycles. The minimum atomic E-state index is 0.400. The van der Waals surface area contributed by atoms with Gasteiger partial charge in [-0.15, -0.1) is 0 Å². The van der Waals surface area contributed by atoms with Crippen LogP contribution in [-0.4, -0.2) is 19.2 Å². The van der Waals surface area contributed by atoms with Crippen molar-refractivity contribution < 1.29 is 4.74 Å². The fraction of sp³-hybridized carbons (Fsp3) is 0.368. The van der Waals surface area contributed by atoms with Gasteiger partial charge < -0.3 is 15.4 Å². The van der Waals surface area contributed by atoms with Gasteiger partial charge in [0.1, 0.15) is 5.75 Å². The molecule has 1 heterocycles. The Kier molecular flexibility index (Phi) is 4.96. The highest BCUT2D eigenvalue weighted by atomic mass is 16.5. The van der Waals surface area contributed by atoms with Gasteiger partial charge in [0.15, 0.2) is 0 Å². The highest BCUT2D eigenvalue weighted by molar-refractivity contribution is 5.42. The van der Waals surface area contributed by atoms with Crippen LogP contribution in [0.15, 0.2) is 54.6 Å². The van der Waals surface area contributed by atoms with Crippen LogP contribution >= 0.6 is 0 Å². The molecule has 0 saturated heterocycles. The zero-order chi connectivity index (χ0) is 15.2. The Morgan fingerprint density at radius 3 is 2.73 bits per heavy atom. The van der Waals surface area contributed by atoms with E-state index in [0.29, 0.717) is 12.1 Å². The molecular weight excluding hydrogens is 272 g/mol. The summed E-state index contributed by atoms with van der Waals surface area (Å²) >= 11 is 0. The lowest BCUT2D eigenvalue weighted by Gasteiger charge is -2.29. The third kappa shape index (κ3) is 3.80. The number of para-hydroxylation sites is 2. The van der Waals surface area contributed by atoms with Gasteiger partial charge in [-0.1, -0.05) is 36.4 Å². The largest absolute Gasteiger partial charge is 0.493 e. The molecule has 2 unspecified atom stereocenters. The number of ether oxygens (including phenoxy) is 1. The molecule has 0 spiro atoms. The third-order valence-corrected chi connectivity index (χ3v) is 4.12. The highest BCUT2D eigenvalue weighted by Gasteiger charge is 2.21. The summed E-state index contributed by atoms with van der Waals surface area (Å²) in [6.45, 7) is 4.03. The van der Waals surface area contributed by atoms with E-state index in [0.717, 1.165) is 31.7 Å². The molecule has 0 aliphatic carbocycles. The molecule has 3 nitrogen and oxygen atoms in total. The number of anilines is 1. The van der Waals surface area contributed by atoms with Crippen LogP contribution in [0.4, 0.5) is 5.69 Å². The van der Waals surface area contributed by atoms with Crippen LogP contribution in [0.25, 0.3) is 0 Å². The van der Waals surface area contributed by atoms with Gasteiger partial charge in [0.05, 0.1) is 6.61 Å². The summed E-state index contributed by atoms with van der Waals surface area (Å²) in [6.07, 6.45) is 2.13. The quantitative estimate of drug-likeness (QED) is 0.845. The van der Waals surface area contributed by atoms with E-state index in [4.69, 9.17) is 4.74 Å². The minimum absolute atomic E-state index is 0.400. The number of hydrogen-bond acceptors (Lipinski definition) is 3. The van der Waals surface area contributed by atoms with E-state index in [1.165, 1.54) is 11.3 Å². The van der Waals surface area contributed by atoms with Gasteiger partial charge in [-0.2, -0.15) is 0 Å². The SMILES string of the molecule is CC(CCNc1ccccc1)NC1CCOc2ccccc21. The van der Waals surface area contributed by atoms with Gasteiger partial charge in [-0.25, -0.2) is 0 Å². The van der Waals surface area contributed by atoms with Crippen LogP contribution in [0.5, 0.6) is 5.75 Å². The summed E-state index contributed by atoms with van der Waals surface area (Å²) in [6, 6.07) is 19.6. The molecule has 3 heteroatoms. The molecule has 0 aromatic heterocycles. The normalized spacial score (nSPS) is 18.1. The first-order chi connectivity index (χ1) is 10.8. The van der Waals surface area contributed by atoms with E-state index in [1.54, 1.807) is 0 Å². The van der Waals surface area contributed by atoms with E-state index < -0.39 is 0 Å². The van der Waals surface area contributed by atoms with Crippen LogP contribution in [0, 0.1) is 0 Å². The Balaban J connectivity index is 1.49. The van der Waals surface area contributed by atoms with Crippen molar-refractivity contribution in [2.45, 2.75) is 31.8 Å². The zero-order valence-electron chi connectivity index (χ0n) is 13.1. The second-order valence-corrected chi connectivity index (χ2v) is 5.88. The molecule has 0 bridgehead atoms. The van der Waals surface area contributed by atoms with Gasteiger partial charge in [0.25, 0.3) is 0 Å². The number of fused-ring (bicyclic) bond motifs is 1. The maximum absolute atomic E-state index is 5.72. The van der Waals surface area contributed by atoms with Crippen molar-refractivity contribution in [3.8, 4) is 5.75 Å². The first-order valence-electron chi connectivity index (χ1n) is 8.09. The van der Waals surface area contributed by atoms with Crippen molar-refractivity contribution in [2.24, 2.45) is 0 Å². The molecule has 2 atom stereocenters. The predicted octanol–water partition coefficient (Wildman–Crippen LogP) is 3.99. The molecule has 0 amide bonds. The summed E-state index contributed by atoms with van der Waals surface area (Å²) in [5, 5.41) is 7.21. The van der Waals surface area contributed by atoms with Crippen LogP contribution in [0.2, 0.25) is 0 Å². The van der Waals surface area contributed by atoms with E-state index in [1.807, 2.05) is 12.1 Å². The maximum atomic E-state index is 5.72. The lowest BCUT2D eigenvalue weighted by Crippen LogP contribution is -2.34. The number of hydrogen-bond donors (Lipinski definition) is 2. The summed E-state index contributed by atoms with van der Waals surface area (Å²) < 4.78 is 5.72. The van der Waals surface area contributed by atoms with Crippen molar-refractivity contribution >= 4 is 5.69 Å². The number of rotatable bonds is 6. The smallest absolute Gasteiger partial charge is 0.124 e. The minimum Gasteiger partial charge on any atom is -0.493 e. The van der Waals surface area contributed by atoms with Crippen LogP contribution in [0.3, 0.4) is 0 Å². The summed E-state index contributed by atoms with van der Waals surface area (Å²) in [4.78, 5) is 0. The Morgan fingerprint density at radius 1 is 1.09 bits per heavy atom. The Hall–Kier alpha value is -2.00. The number of nitrogens with one attached hydrogen (secondary N) is 2. The fourth-order valence-corrected chi connectivity index (χ4v) is 2.93. The highest BCUT2D eigenvalue weighted by Crippen LogP contribution is 2.31. The van der Waals surface area contributed by atoms with Crippen molar-refractivity contribution in [3.63, 3.8) is 0 Å². The van der Waals surface area contributed by atoms with E-state index in [-0.39, 0.29) is 0 Å². The Morgan fingerprint density at radius 2 is 1.86 bits per heavy atom. The van der Waals surface area contributed by atoms with Gasteiger partial charge in [0, 0.05) is 36.3 Å². The summed E-state index contributed by atoms with van der Waals surface area (Å²) in [5.74, 6) is 1.03. The Labute approximate surface area is 132 Å². The maximum Gasteiger partial charge on any atom is 0.124 e. The van der Waals surface area contributed by atoms with Gasteiger partial charge in [-0.05, 0) is 31.5 Å². The molecule has 2 N–H and O–H groups in total. The molecule has 2 aromatic rings. The second kappa shape index (κ2) is 7.32. The third-order valence-electron chi connectivity index (χ3n) is 4.12. The van der Waals surface area contributed by atoms with E-state index in [2.05, 4.69) is 60.0 Å². The molecule has 22 heavy (non-hydrogen) atoms. The predicted molar refractivity (Wildman–Crippen MR) is 91.4 cm³/mol. The van der Waals surface area contributed by atoms with Crippen molar-refractivity contribution in [1.82, 2.24) is 5.32 Å². The van der Waals surface area contributed by atoms with E-state index >= 15 is 0 Å². The summed E-state index contributed by atoms with van der Waals surface area (Å²) in [5.41, 5.74) is 2.47. The van der Waals surface area contributed by atoms with Crippen molar-refractivity contribution in [1.29, 1.82) is 0 Å². The first kappa shape index (κ1) is 14.9. The molecular formula is C19H24N2O. The lowest BCUT2D eigenvalue weighted by atomic mass is 9.99. The fourth-order valence-electron chi connectivity index (χ4n) is 2.93. The molecule has 0 saturated carbocycles. The van der Waals surface area contributed by atoms with Crippen LogP contribution < -0.4 is 15.4 Å². The van der Waals surface area contributed by atoms with Crippen molar-refractivity contribution in [3.05, 3.63) is 60.2 Å². The number of benzene rings is 2. The monoisotopic (exact) mass is 296 g/mol. The summed E-state index contributed by atoms with van der Waals surface area (Å²) in [7, 11) is 0. The molecule has 3 rings (SSSR count). The van der Waals surface area contributed by atoms with Gasteiger partial charge in [0.2, 0.25) is 0 Å². The Bertz CT molecular complexity index is 585.